The highest BCUT2D eigenvalue weighted by Gasteiger charge is 2.55. The molecule has 2 heterocycles. The number of esters is 1. The quantitative estimate of drug-likeness (QED) is 0.522. The second-order valence-electron chi connectivity index (χ2n) is 5.09. The van der Waals surface area contributed by atoms with Gasteiger partial charge in [-0.05, 0) is 47.2 Å². The molecular formula is C13H12Br2N2O3S. The summed E-state index contributed by atoms with van der Waals surface area (Å²) in [5, 5.41) is 6.63. The van der Waals surface area contributed by atoms with Gasteiger partial charge in [-0.1, -0.05) is 15.9 Å². The fraction of sp³-hybridized carbons (Fsp3) is 0.385. The van der Waals surface area contributed by atoms with Crippen LogP contribution in [0.2, 0.25) is 0 Å². The maximum atomic E-state index is 12.2. The standard InChI is InChI=1S/C13H12Br2N2O3S/c1-13-8(11(18)19-2)9(16-12(21)17-13)6-3-5(14)4-7(15)10(6)20-13/h3-4,8-9H,1-2H3,(H2,16,17,21). The highest BCUT2D eigenvalue weighted by atomic mass is 79.9. The monoisotopic (exact) mass is 434 g/mol. The van der Waals surface area contributed by atoms with Gasteiger partial charge in [0.2, 0.25) is 0 Å². The van der Waals surface area contributed by atoms with E-state index in [1.807, 2.05) is 12.1 Å². The Hall–Kier alpha value is -0.860. The van der Waals surface area contributed by atoms with Crippen molar-refractivity contribution in [2.45, 2.75) is 18.7 Å². The molecule has 3 unspecified atom stereocenters. The zero-order valence-corrected chi connectivity index (χ0v) is 15.2. The molecule has 21 heavy (non-hydrogen) atoms. The summed E-state index contributed by atoms with van der Waals surface area (Å²) >= 11 is 12.2. The van der Waals surface area contributed by atoms with Gasteiger partial charge in [0.15, 0.2) is 10.8 Å². The first kappa shape index (κ1) is 15.1. The Balaban J connectivity index is 2.20. The first-order valence-corrected chi connectivity index (χ1v) is 8.19. The Morgan fingerprint density at radius 3 is 2.86 bits per heavy atom. The van der Waals surface area contributed by atoms with E-state index in [0.29, 0.717) is 10.9 Å². The van der Waals surface area contributed by atoms with Crippen LogP contribution in [-0.2, 0) is 9.53 Å². The van der Waals surface area contributed by atoms with Gasteiger partial charge in [-0.2, -0.15) is 0 Å². The average Bonchev–Trinajstić information content (AvgIpc) is 2.38. The summed E-state index contributed by atoms with van der Waals surface area (Å²) in [6.45, 7) is 1.80. The minimum Gasteiger partial charge on any atom is -0.469 e. The zero-order valence-electron chi connectivity index (χ0n) is 11.2. The van der Waals surface area contributed by atoms with Crippen LogP contribution in [0.3, 0.4) is 0 Å². The van der Waals surface area contributed by atoms with Gasteiger partial charge >= 0.3 is 5.97 Å². The molecule has 2 N–H and O–H groups in total. The van der Waals surface area contributed by atoms with Crippen LogP contribution in [0.5, 0.6) is 5.75 Å². The molecule has 3 atom stereocenters. The Bertz CT molecular complexity index is 655. The Labute approximate surface area is 144 Å². The van der Waals surface area contributed by atoms with E-state index < -0.39 is 11.6 Å². The molecule has 0 amide bonds. The molecule has 1 saturated heterocycles. The minimum absolute atomic E-state index is 0.311. The van der Waals surface area contributed by atoms with Gasteiger partial charge in [0.25, 0.3) is 0 Å². The van der Waals surface area contributed by atoms with E-state index in [1.54, 1.807) is 6.92 Å². The molecule has 2 bridgehead atoms. The maximum Gasteiger partial charge on any atom is 0.317 e. The summed E-state index contributed by atoms with van der Waals surface area (Å²) in [4.78, 5) is 12.2. The number of carbonyl (C=O) groups excluding carboxylic acids is 1. The van der Waals surface area contributed by atoms with Gasteiger partial charge in [0, 0.05) is 10.0 Å². The van der Waals surface area contributed by atoms with Crippen molar-refractivity contribution in [3.8, 4) is 5.75 Å². The second kappa shape index (κ2) is 5.10. The topological polar surface area (TPSA) is 59.6 Å². The molecular weight excluding hydrogens is 424 g/mol. The number of benzene rings is 1. The van der Waals surface area contributed by atoms with Crippen molar-refractivity contribution in [2.75, 3.05) is 7.11 Å². The van der Waals surface area contributed by atoms with Gasteiger partial charge in [0.1, 0.15) is 11.7 Å². The van der Waals surface area contributed by atoms with E-state index in [0.717, 1.165) is 14.5 Å². The molecule has 3 rings (SSSR count). The van der Waals surface area contributed by atoms with Crippen LogP contribution in [0.15, 0.2) is 21.1 Å². The number of carbonyl (C=O) groups is 1. The molecule has 0 saturated carbocycles. The minimum atomic E-state index is -0.955. The highest BCUT2D eigenvalue weighted by molar-refractivity contribution is 9.11. The smallest absolute Gasteiger partial charge is 0.317 e. The number of methoxy groups -OCH3 is 1. The lowest BCUT2D eigenvalue weighted by Gasteiger charge is -2.50. The van der Waals surface area contributed by atoms with Crippen LogP contribution in [0.25, 0.3) is 0 Å². The molecule has 1 aromatic carbocycles. The fourth-order valence-electron chi connectivity index (χ4n) is 2.85. The lowest BCUT2D eigenvalue weighted by Crippen LogP contribution is -2.70. The van der Waals surface area contributed by atoms with Crippen LogP contribution < -0.4 is 15.4 Å². The van der Waals surface area contributed by atoms with Gasteiger partial charge in [-0.15, -0.1) is 0 Å². The van der Waals surface area contributed by atoms with Crippen molar-refractivity contribution >= 4 is 55.2 Å². The number of halogens is 2. The van der Waals surface area contributed by atoms with Crippen LogP contribution in [-0.4, -0.2) is 23.9 Å². The molecule has 5 nitrogen and oxygen atoms in total. The lowest BCUT2D eigenvalue weighted by atomic mass is 9.80. The van der Waals surface area contributed by atoms with Gasteiger partial charge in [-0.3, -0.25) is 4.79 Å². The number of fused-ring (bicyclic) bond motifs is 4. The first-order valence-electron chi connectivity index (χ1n) is 6.20. The van der Waals surface area contributed by atoms with Crippen molar-refractivity contribution in [3.63, 3.8) is 0 Å². The van der Waals surface area contributed by atoms with Crippen LogP contribution >= 0.6 is 44.1 Å². The van der Waals surface area contributed by atoms with Crippen LogP contribution in [0.1, 0.15) is 18.5 Å². The second-order valence-corrected chi connectivity index (χ2v) is 7.27. The third kappa shape index (κ3) is 2.33. The van der Waals surface area contributed by atoms with Crippen LogP contribution in [0.4, 0.5) is 0 Å². The number of hydrogen-bond donors (Lipinski definition) is 2. The van der Waals surface area contributed by atoms with Crippen molar-refractivity contribution in [1.29, 1.82) is 0 Å². The number of nitrogens with one attached hydrogen (secondary N) is 2. The van der Waals surface area contributed by atoms with E-state index in [9.17, 15) is 4.79 Å². The number of thiocarbonyl (C=S) groups is 1. The zero-order chi connectivity index (χ0) is 15.4. The largest absolute Gasteiger partial charge is 0.469 e. The predicted octanol–water partition coefficient (Wildman–Crippen LogP) is 2.63. The molecule has 2 aliphatic rings. The molecule has 1 aromatic rings. The molecule has 0 aliphatic carbocycles. The summed E-state index contributed by atoms with van der Waals surface area (Å²) in [5.74, 6) is -0.219. The van der Waals surface area contributed by atoms with Crippen molar-refractivity contribution in [2.24, 2.45) is 5.92 Å². The summed E-state index contributed by atoms with van der Waals surface area (Å²) < 4.78 is 12.7. The van der Waals surface area contributed by atoms with Crippen molar-refractivity contribution in [1.82, 2.24) is 10.6 Å². The summed E-state index contributed by atoms with van der Waals surface area (Å²) in [5.41, 5.74) is -0.100. The van der Waals surface area contributed by atoms with Gasteiger partial charge < -0.3 is 20.1 Å². The average molecular weight is 436 g/mol. The molecule has 0 spiro atoms. The predicted molar refractivity (Wildman–Crippen MR) is 88.0 cm³/mol. The molecule has 2 aliphatic heterocycles. The molecule has 0 aromatic heterocycles. The van der Waals surface area contributed by atoms with E-state index in [4.69, 9.17) is 21.7 Å². The first-order chi connectivity index (χ1) is 9.85. The maximum absolute atomic E-state index is 12.2. The number of rotatable bonds is 1. The molecule has 8 heteroatoms. The summed E-state index contributed by atoms with van der Waals surface area (Å²) in [7, 11) is 1.37. The molecule has 112 valence electrons. The van der Waals surface area contributed by atoms with Crippen LogP contribution in [0, 0.1) is 5.92 Å². The highest BCUT2D eigenvalue weighted by Crippen LogP contribution is 2.49. The third-order valence-electron chi connectivity index (χ3n) is 3.72. The molecule has 1 fully saturated rings. The third-order valence-corrected chi connectivity index (χ3v) is 4.98. The van der Waals surface area contributed by atoms with E-state index >= 15 is 0 Å². The number of hydrogen-bond acceptors (Lipinski definition) is 4. The fourth-order valence-corrected chi connectivity index (χ4v) is 4.52. The van der Waals surface area contributed by atoms with E-state index in [1.165, 1.54) is 7.11 Å². The van der Waals surface area contributed by atoms with Gasteiger partial charge in [-0.25, -0.2) is 0 Å². The van der Waals surface area contributed by atoms with E-state index in [-0.39, 0.29) is 12.0 Å². The van der Waals surface area contributed by atoms with Gasteiger partial charge in [0.05, 0.1) is 17.6 Å². The number of ether oxygens (including phenoxy) is 2. The Kier molecular flexibility index (Phi) is 3.66. The molecule has 0 radical (unpaired) electrons. The SMILES string of the molecule is COC(=O)C1C2NC(=S)NC1(C)Oc1c(Br)cc(Br)cc12. The van der Waals surface area contributed by atoms with Crippen molar-refractivity contribution < 1.29 is 14.3 Å². The lowest BCUT2D eigenvalue weighted by molar-refractivity contribution is -0.159. The summed E-state index contributed by atoms with van der Waals surface area (Å²) in [6, 6.07) is 3.50. The summed E-state index contributed by atoms with van der Waals surface area (Å²) in [6.07, 6.45) is 0. The Morgan fingerprint density at radius 1 is 1.48 bits per heavy atom. The Morgan fingerprint density at radius 2 is 2.19 bits per heavy atom. The normalized spacial score (nSPS) is 29.6. The van der Waals surface area contributed by atoms with E-state index in [2.05, 4.69) is 42.5 Å². The van der Waals surface area contributed by atoms with Crippen molar-refractivity contribution in [3.05, 3.63) is 26.6 Å².